The monoisotopic (exact) mass is 393 g/mol. The van der Waals surface area contributed by atoms with Crippen LogP contribution in [-0.2, 0) is 14.3 Å². The molecule has 0 aliphatic rings. The summed E-state index contributed by atoms with van der Waals surface area (Å²) in [7, 11) is 0. The SMILES string of the molecule is Cc1cc(NC(=O)COC(=O)[C@@H](NC(=O)c2ccccc2)c2ccccc2)no1. The first-order chi connectivity index (χ1) is 14.0. The predicted molar refractivity (Wildman–Crippen MR) is 104 cm³/mol. The van der Waals surface area contributed by atoms with Gasteiger partial charge in [0.15, 0.2) is 18.5 Å². The molecule has 1 aromatic heterocycles. The van der Waals surface area contributed by atoms with Crippen molar-refractivity contribution in [3.63, 3.8) is 0 Å². The molecule has 0 saturated heterocycles. The van der Waals surface area contributed by atoms with Crippen LogP contribution in [0.4, 0.5) is 5.82 Å². The molecule has 3 aromatic rings. The van der Waals surface area contributed by atoms with Crippen LogP contribution in [0.25, 0.3) is 0 Å². The van der Waals surface area contributed by atoms with Crippen LogP contribution in [0.2, 0.25) is 0 Å². The van der Waals surface area contributed by atoms with Crippen molar-refractivity contribution >= 4 is 23.6 Å². The van der Waals surface area contributed by atoms with Crippen molar-refractivity contribution in [3.05, 3.63) is 83.6 Å². The number of esters is 1. The number of aryl methyl sites for hydroxylation is 1. The maximum atomic E-state index is 12.6. The zero-order valence-electron chi connectivity index (χ0n) is 15.6. The quantitative estimate of drug-likeness (QED) is 0.597. The highest BCUT2D eigenvalue weighted by molar-refractivity contribution is 5.97. The van der Waals surface area contributed by atoms with Gasteiger partial charge in [-0.15, -0.1) is 0 Å². The second kappa shape index (κ2) is 9.32. The van der Waals surface area contributed by atoms with Gasteiger partial charge in [-0.2, -0.15) is 0 Å². The molecule has 0 saturated carbocycles. The molecule has 0 unspecified atom stereocenters. The standard InChI is InChI=1S/C21H19N3O5/c1-14-12-17(24-29-14)22-18(25)13-28-21(27)19(15-8-4-2-5-9-15)23-20(26)16-10-6-3-7-11-16/h2-12,19H,13H2,1H3,(H,23,26)(H,22,24,25)/t19-/m0/s1. The average molecular weight is 393 g/mol. The molecule has 148 valence electrons. The van der Waals surface area contributed by atoms with Gasteiger partial charge in [0.2, 0.25) is 0 Å². The average Bonchev–Trinajstić information content (AvgIpc) is 3.15. The van der Waals surface area contributed by atoms with E-state index in [1.807, 2.05) is 0 Å². The van der Waals surface area contributed by atoms with Crippen LogP contribution in [0, 0.1) is 6.92 Å². The summed E-state index contributed by atoms with van der Waals surface area (Å²) >= 11 is 0. The molecular weight excluding hydrogens is 374 g/mol. The van der Waals surface area contributed by atoms with E-state index in [2.05, 4.69) is 15.8 Å². The normalized spacial score (nSPS) is 11.3. The molecule has 0 bridgehead atoms. The van der Waals surface area contributed by atoms with Crippen molar-refractivity contribution in [1.29, 1.82) is 0 Å². The molecule has 0 spiro atoms. The van der Waals surface area contributed by atoms with E-state index < -0.39 is 30.4 Å². The maximum absolute atomic E-state index is 12.6. The van der Waals surface area contributed by atoms with Crippen molar-refractivity contribution in [3.8, 4) is 0 Å². The second-order valence-corrected chi connectivity index (χ2v) is 6.16. The van der Waals surface area contributed by atoms with Crippen LogP contribution in [0.3, 0.4) is 0 Å². The van der Waals surface area contributed by atoms with Gasteiger partial charge in [0.25, 0.3) is 11.8 Å². The third-order valence-corrected chi connectivity index (χ3v) is 3.92. The number of anilines is 1. The number of ether oxygens (including phenoxy) is 1. The minimum Gasteiger partial charge on any atom is -0.454 e. The topological polar surface area (TPSA) is 111 Å². The van der Waals surface area contributed by atoms with Crippen molar-refractivity contribution in [2.24, 2.45) is 0 Å². The van der Waals surface area contributed by atoms with Crippen LogP contribution in [-0.4, -0.2) is 29.5 Å². The summed E-state index contributed by atoms with van der Waals surface area (Å²) in [6, 6.07) is 17.6. The van der Waals surface area contributed by atoms with Gasteiger partial charge in [-0.25, -0.2) is 4.79 Å². The third-order valence-electron chi connectivity index (χ3n) is 3.92. The van der Waals surface area contributed by atoms with Gasteiger partial charge in [0, 0.05) is 11.6 Å². The summed E-state index contributed by atoms with van der Waals surface area (Å²) in [5.41, 5.74) is 0.940. The van der Waals surface area contributed by atoms with Gasteiger partial charge in [0.1, 0.15) is 5.76 Å². The van der Waals surface area contributed by atoms with Gasteiger partial charge >= 0.3 is 5.97 Å². The number of rotatable bonds is 7. The minimum atomic E-state index is -1.06. The lowest BCUT2D eigenvalue weighted by atomic mass is 10.1. The fraction of sp³-hybridized carbons (Fsp3) is 0.143. The largest absolute Gasteiger partial charge is 0.454 e. The summed E-state index contributed by atoms with van der Waals surface area (Å²) in [4.78, 5) is 37.1. The minimum absolute atomic E-state index is 0.223. The van der Waals surface area contributed by atoms with Crippen molar-refractivity contribution in [2.75, 3.05) is 11.9 Å². The summed E-state index contributed by atoms with van der Waals surface area (Å²) in [5.74, 6) is -1.01. The van der Waals surface area contributed by atoms with Crippen LogP contribution in [0.1, 0.15) is 27.7 Å². The number of hydrogen-bond acceptors (Lipinski definition) is 6. The molecule has 1 heterocycles. The molecule has 8 nitrogen and oxygen atoms in total. The smallest absolute Gasteiger partial charge is 0.333 e. The maximum Gasteiger partial charge on any atom is 0.333 e. The second-order valence-electron chi connectivity index (χ2n) is 6.16. The first kappa shape index (κ1) is 19.8. The molecule has 0 fully saturated rings. The van der Waals surface area contributed by atoms with E-state index in [0.717, 1.165) is 0 Å². The van der Waals surface area contributed by atoms with E-state index in [9.17, 15) is 14.4 Å². The van der Waals surface area contributed by atoms with Gasteiger partial charge in [-0.3, -0.25) is 9.59 Å². The number of amides is 2. The van der Waals surface area contributed by atoms with Gasteiger partial charge in [-0.05, 0) is 24.6 Å². The Morgan fingerprint density at radius 2 is 1.69 bits per heavy atom. The predicted octanol–water partition coefficient (Wildman–Crippen LogP) is 2.64. The van der Waals surface area contributed by atoms with Crippen LogP contribution < -0.4 is 10.6 Å². The van der Waals surface area contributed by atoms with Gasteiger partial charge in [0.05, 0.1) is 0 Å². The van der Waals surface area contributed by atoms with Gasteiger partial charge in [-0.1, -0.05) is 53.7 Å². The van der Waals surface area contributed by atoms with E-state index in [1.54, 1.807) is 67.6 Å². The number of aromatic nitrogens is 1. The summed E-state index contributed by atoms with van der Waals surface area (Å²) < 4.78 is 9.96. The Morgan fingerprint density at radius 3 is 2.31 bits per heavy atom. The van der Waals surface area contributed by atoms with E-state index >= 15 is 0 Å². The molecule has 29 heavy (non-hydrogen) atoms. The molecular formula is C21H19N3O5. The van der Waals surface area contributed by atoms with Crippen molar-refractivity contribution < 1.29 is 23.6 Å². The first-order valence-corrected chi connectivity index (χ1v) is 8.83. The van der Waals surface area contributed by atoms with E-state index in [1.165, 1.54) is 6.07 Å². The molecule has 1 atom stereocenters. The highest BCUT2D eigenvalue weighted by atomic mass is 16.5. The highest BCUT2D eigenvalue weighted by Gasteiger charge is 2.25. The van der Waals surface area contributed by atoms with E-state index in [-0.39, 0.29) is 5.82 Å². The van der Waals surface area contributed by atoms with Crippen molar-refractivity contribution in [2.45, 2.75) is 13.0 Å². The number of carbonyl (C=O) groups excluding carboxylic acids is 3. The lowest BCUT2D eigenvalue weighted by Crippen LogP contribution is -2.36. The Bertz CT molecular complexity index is 986. The Kier molecular flexibility index (Phi) is 6.36. The third kappa shape index (κ3) is 5.52. The Morgan fingerprint density at radius 1 is 1.03 bits per heavy atom. The molecule has 0 aliphatic heterocycles. The molecule has 0 radical (unpaired) electrons. The van der Waals surface area contributed by atoms with E-state index in [4.69, 9.17) is 9.26 Å². The molecule has 2 N–H and O–H groups in total. The van der Waals surface area contributed by atoms with Crippen LogP contribution in [0.15, 0.2) is 71.3 Å². The summed E-state index contributed by atoms with van der Waals surface area (Å²) in [6.07, 6.45) is 0. The fourth-order valence-electron chi connectivity index (χ4n) is 2.55. The molecule has 3 rings (SSSR count). The number of nitrogens with zero attached hydrogens (tertiary/aromatic N) is 1. The molecule has 8 heteroatoms. The number of benzene rings is 2. The highest BCUT2D eigenvalue weighted by Crippen LogP contribution is 2.16. The number of carbonyl (C=O) groups is 3. The number of nitrogens with one attached hydrogen (secondary N) is 2. The molecule has 0 aliphatic carbocycles. The summed E-state index contributed by atoms with van der Waals surface area (Å²) in [5, 5.41) is 8.74. The Labute approximate surface area is 166 Å². The Balaban J connectivity index is 1.66. The lowest BCUT2D eigenvalue weighted by Gasteiger charge is -2.18. The Hall–Kier alpha value is -3.94. The summed E-state index contributed by atoms with van der Waals surface area (Å²) in [6.45, 7) is 1.15. The van der Waals surface area contributed by atoms with Crippen molar-refractivity contribution in [1.82, 2.24) is 10.5 Å². The fourth-order valence-corrected chi connectivity index (χ4v) is 2.55. The van der Waals surface area contributed by atoms with Crippen LogP contribution >= 0.6 is 0 Å². The number of hydrogen-bond donors (Lipinski definition) is 2. The van der Waals surface area contributed by atoms with E-state index in [0.29, 0.717) is 16.9 Å². The lowest BCUT2D eigenvalue weighted by molar-refractivity contribution is -0.149. The first-order valence-electron chi connectivity index (χ1n) is 8.83. The molecule has 2 amide bonds. The zero-order valence-corrected chi connectivity index (χ0v) is 15.6. The van der Waals surface area contributed by atoms with Gasteiger partial charge < -0.3 is 19.9 Å². The van der Waals surface area contributed by atoms with Crippen LogP contribution in [0.5, 0.6) is 0 Å². The zero-order chi connectivity index (χ0) is 20.6. The molecule has 2 aromatic carbocycles.